The lowest BCUT2D eigenvalue weighted by Crippen LogP contribution is -2.55. The van der Waals surface area contributed by atoms with Gasteiger partial charge in [-0.25, -0.2) is 13.4 Å². The third kappa shape index (κ3) is 5.51. The van der Waals surface area contributed by atoms with E-state index in [1.165, 1.54) is 10.5 Å². The monoisotopic (exact) mass is 492 g/mol. The van der Waals surface area contributed by atoms with Crippen molar-refractivity contribution in [3.63, 3.8) is 0 Å². The predicted molar refractivity (Wildman–Crippen MR) is 116 cm³/mol. The molecule has 1 aliphatic rings. The molecule has 7 nitrogen and oxygen atoms in total. The van der Waals surface area contributed by atoms with Crippen LogP contribution in [0, 0.1) is 0 Å². The third-order valence-corrected chi connectivity index (χ3v) is 6.92. The molecule has 0 aliphatic carbocycles. The van der Waals surface area contributed by atoms with Crippen molar-refractivity contribution in [2.75, 3.05) is 31.5 Å². The van der Waals surface area contributed by atoms with Crippen LogP contribution in [0.15, 0.2) is 47.5 Å². The van der Waals surface area contributed by atoms with E-state index in [4.69, 9.17) is 0 Å². The number of anilines is 1. The van der Waals surface area contributed by atoms with E-state index in [-0.39, 0.29) is 42.8 Å². The molecule has 1 atom stereocenters. The first-order chi connectivity index (χ1) is 14.5. The number of nitrogens with one attached hydrogen (secondary N) is 1. The summed E-state index contributed by atoms with van der Waals surface area (Å²) in [6, 6.07) is 6.35. The number of piperazine rings is 1. The summed E-state index contributed by atoms with van der Waals surface area (Å²) < 4.78 is 65.1. The molecular weight excluding hydrogens is 469 g/mol. The molecule has 1 N–H and O–H groups in total. The topological polar surface area (TPSA) is 82.6 Å². The number of aromatic nitrogens is 1. The van der Waals surface area contributed by atoms with Crippen molar-refractivity contribution in [2.45, 2.75) is 31.0 Å². The van der Waals surface area contributed by atoms with Crippen LogP contribution in [-0.2, 0) is 16.2 Å². The van der Waals surface area contributed by atoms with Crippen molar-refractivity contribution in [3.05, 3.63) is 53.7 Å². The summed E-state index contributed by atoms with van der Waals surface area (Å²) in [6.07, 6.45) is -3.07. The minimum absolute atomic E-state index is 0. The Bertz CT molecular complexity index is 1030. The molecule has 1 aliphatic heterocycles. The molecule has 2 heterocycles. The van der Waals surface area contributed by atoms with Crippen LogP contribution >= 0.6 is 12.4 Å². The van der Waals surface area contributed by atoms with E-state index >= 15 is 0 Å². The number of hydrogen-bond donors (Lipinski definition) is 1. The highest BCUT2D eigenvalue weighted by Crippen LogP contribution is 2.30. The van der Waals surface area contributed by atoms with E-state index in [0.717, 1.165) is 24.3 Å². The molecule has 1 saturated heterocycles. The Morgan fingerprint density at radius 2 is 1.81 bits per heavy atom. The van der Waals surface area contributed by atoms with Gasteiger partial charge in [0.25, 0.3) is 5.91 Å². The highest BCUT2D eigenvalue weighted by atomic mass is 35.5. The number of amides is 1. The number of carbonyl (C=O) groups excluding carboxylic acids is 1. The molecule has 1 aromatic heterocycles. The second-order valence-corrected chi connectivity index (χ2v) is 9.13. The fraction of sp³-hybridized carbons (Fsp3) is 0.400. The SMILES string of the molecule is CCNc1ccc(C(=O)N2CCN(S(=O)(=O)c3ccc(C(F)(F)F)cc3)C[C@@H]2C)cn1.Cl. The summed E-state index contributed by atoms with van der Waals surface area (Å²) in [4.78, 5) is 18.4. The minimum atomic E-state index is -4.54. The first-order valence-corrected chi connectivity index (χ1v) is 11.2. The van der Waals surface area contributed by atoms with Gasteiger partial charge >= 0.3 is 6.18 Å². The van der Waals surface area contributed by atoms with Gasteiger partial charge in [-0.3, -0.25) is 4.79 Å². The lowest BCUT2D eigenvalue weighted by Gasteiger charge is -2.39. The van der Waals surface area contributed by atoms with Crippen LogP contribution in [0.3, 0.4) is 0 Å². The maximum Gasteiger partial charge on any atom is 0.416 e. The van der Waals surface area contributed by atoms with E-state index in [9.17, 15) is 26.4 Å². The second-order valence-electron chi connectivity index (χ2n) is 7.20. The number of pyridine rings is 1. The van der Waals surface area contributed by atoms with Crippen LogP contribution in [0.25, 0.3) is 0 Å². The van der Waals surface area contributed by atoms with Gasteiger partial charge < -0.3 is 10.2 Å². The summed E-state index contributed by atoms with van der Waals surface area (Å²) >= 11 is 0. The van der Waals surface area contributed by atoms with Gasteiger partial charge in [0.05, 0.1) is 16.0 Å². The van der Waals surface area contributed by atoms with Crippen molar-refractivity contribution in [1.82, 2.24) is 14.2 Å². The molecule has 2 aromatic rings. The summed E-state index contributed by atoms with van der Waals surface area (Å²) in [6.45, 7) is 4.61. The number of nitrogens with zero attached hydrogens (tertiary/aromatic N) is 3. The highest BCUT2D eigenvalue weighted by Gasteiger charge is 2.35. The number of halogens is 4. The van der Waals surface area contributed by atoms with Crippen molar-refractivity contribution in [3.8, 4) is 0 Å². The summed E-state index contributed by atoms with van der Waals surface area (Å²) in [5.74, 6) is 0.397. The van der Waals surface area contributed by atoms with Gasteiger partial charge in [-0.1, -0.05) is 0 Å². The lowest BCUT2D eigenvalue weighted by molar-refractivity contribution is -0.137. The van der Waals surface area contributed by atoms with E-state index in [1.54, 1.807) is 24.0 Å². The molecule has 1 aromatic carbocycles. The van der Waals surface area contributed by atoms with Crippen molar-refractivity contribution in [2.24, 2.45) is 0 Å². The number of rotatable bonds is 5. The summed E-state index contributed by atoms with van der Waals surface area (Å²) in [5, 5.41) is 3.04. The second kappa shape index (κ2) is 10.1. The Kier molecular flexibility index (Phi) is 8.13. The van der Waals surface area contributed by atoms with Crippen LogP contribution in [0.4, 0.5) is 19.0 Å². The van der Waals surface area contributed by atoms with Gasteiger partial charge in [-0.2, -0.15) is 17.5 Å². The average molecular weight is 493 g/mol. The fourth-order valence-corrected chi connectivity index (χ4v) is 4.89. The normalized spacial score (nSPS) is 17.5. The van der Waals surface area contributed by atoms with Gasteiger partial charge in [0.15, 0.2) is 0 Å². The lowest BCUT2D eigenvalue weighted by atomic mass is 10.1. The first kappa shape index (κ1) is 25.9. The Morgan fingerprint density at radius 1 is 1.16 bits per heavy atom. The van der Waals surface area contributed by atoms with E-state index < -0.39 is 27.8 Å². The van der Waals surface area contributed by atoms with Gasteiger partial charge in [-0.15, -0.1) is 12.4 Å². The number of sulfonamides is 1. The largest absolute Gasteiger partial charge is 0.416 e. The molecule has 1 amide bonds. The first-order valence-electron chi connectivity index (χ1n) is 9.72. The Morgan fingerprint density at radius 3 is 2.31 bits per heavy atom. The molecule has 3 rings (SSSR count). The van der Waals surface area contributed by atoms with Crippen LogP contribution in [0.1, 0.15) is 29.8 Å². The van der Waals surface area contributed by atoms with Gasteiger partial charge in [0.1, 0.15) is 5.82 Å². The van der Waals surface area contributed by atoms with Crippen molar-refractivity contribution >= 4 is 34.2 Å². The summed E-state index contributed by atoms with van der Waals surface area (Å²) in [7, 11) is -3.98. The Hall–Kier alpha value is -2.37. The van der Waals surface area contributed by atoms with Crippen molar-refractivity contribution in [1.29, 1.82) is 0 Å². The van der Waals surface area contributed by atoms with Gasteiger partial charge in [0.2, 0.25) is 10.0 Å². The molecule has 0 saturated carbocycles. The van der Waals surface area contributed by atoms with E-state index in [0.29, 0.717) is 17.9 Å². The molecule has 32 heavy (non-hydrogen) atoms. The quantitative estimate of drug-likeness (QED) is 0.691. The van der Waals surface area contributed by atoms with E-state index in [2.05, 4.69) is 10.3 Å². The number of benzene rings is 1. The maximum absolute atomic E-state index is 12.9. The van der Waals surface area contributed by atoms with Crippen LogP contribution < -0.4 is 5.32 Å². The maximum atomic E-state index is 12.9. The standard InChI is InChI=1S/C20H23F3N4O3S.ClH/c1-3-24-18-9-4-15(12-25-18)19(28)27-11-10-26(13-14(27)2)31(29,30)17-7-5-16(6-8-17)20(21,22)23;/h4-9,12,14H,3,10-11,13H2,1-2H3,(H,24,25);1H/t14-;/m0./s1. The molecule has 0 bridgehead atoms. The zero-order valence-corrected chi connectivity index (χ0v) is 19.1. The number of carbonyl (C=O) groups is 1. The molecular formula is C20H24ClF3N4O3S. The zero-order chi connectivity index (χ0) is 22.8. The van der Waals surface area contributed by atoms with Gasteiger partial charge in [-0.05, 0) is 50.2 Å². The molecule has 176 valence electrons. The molecule has 12 heteroatoms. The average Bonchev–Trinajstić information content (AvgIpc) is 2.73. The Labute approximate surface area is 191 Å². The molecule has 0 spiro atoms. The van der Waals surface area contributed by atoms with Crippen molar-refractivity contribution < 1.29 is 26.4 Å². The molecule has 0 radical (unpaired) electrons. The molecule has 1 fully saturated rings. The van der Waals surface area contributed by atoms with Crippen LogP contribution in [0.2, 0.25) is 0 Å². The number of alkyl halides is 3. The smallest absolute Gasteiger partial charge is 0.370 e. The summed E-state index contributed by atoms with van der Waals surface area (Å²) in [5.41, 5.74) is -0.517. The van der Waals surface area contributed by atoms with Crippen LogP contribution in [0.5, 0.6) is 0 Å². The third-order valence-electron chi connectivity index (χ3n) is 5.04. The van der Waals surface area contributed by atoms with Crippen LogP contribution in [-0.4, -0.2) is 60.7 Å². The minimum Gasteiger partial charge on any atom is -0.370 e. The van der Waals surface area contributed by atoms with Gasteiger partial charge in [0, 0.05) is 38.4 Å². The predicted octanol–water partition coefficient (Wildman–Crippen LogP) is 3.49. The molecule has 0 unspecified atom stereocenters. The zero-order valence-electron chi connectivity index (χ0n) is 17.5. The highest BCUT2D eigenvalue weighted by molar-refractivity contribution is 7.89. The fourth-order valence-electron chi connectivity index (χ4n) is 3.38. The van der Waals surface area contributed by atoms with E-state index in [1.807, 2.05) is 6.92 Å². The Balaban J connectivity index is 0.00000363. The number of hydrogen-bond acceptors (Lipinski definition) is 5.